The van der Waals surface area contributed by atoms with E-state index in [4.69, 9.17) is 10.4 Å². The van der Waals surface area contributed by atoms with Crippen molar-refractivity contribution in [3.05, 3.63) is 46.3 Å². The molecule has 0 spiro atoms. The third kappa shape index (κ3) is 2.81. The minimum Gasteiger partial charge on any atom is -0.390 e. The molecule has 1 aromatic carbocycles. The molecule has 1 aromatic rings. The van der Waals surface area contributed by atoms with Gasteiger partial charge in [-0.1, -0.05) is 40.6 Å². The summed E-state index contributed by atoms with van der Waals surface area (Å²) < 4.78 is 0. The molecule has 0 saturated carbocycles. The highest BCUT2D eigenvalue weighted by atomic mass is 16.6. The van der Waals surface area contributed by atoms with Crippen LogP contribution < -0.4 is 0 Å². The van der Waals surface area contributed by atoms with Crippen LogP contribution in [0, 0.1) is 0 Å². The van der Waals surface area contributed by atoms with Crippen molar-refractivity contribution in [3.63, 3.8) is 0 Å². The fourth-order valence-corrected chi connectivity index (χ4v) is 2.13. The Morgan fingerprint density at radius 2 is 2.17 bits per heavy atom. The largest absolute Gasteiger partial charge is 0.390 e. The van der Waals surface area contributed by atoms with Crippen LogP contribution in [-0.2, 0) is 4.84 Å². The van der Waals surface area contributed by atoms with E-state index in [0.717, 1.165) is 12.1 Å². The van der Waals surface area contributed by atoms with Crippen LogP contribution in [-0.4, -0.2) is 17.9 Å². The van der Waals surface area contributed by atoms with Crippen molar-refractivity contribution in [1.82, 2.24) is 0 Å². The van der Waals surface area contributed by atoms with Gasteiger partial charge in [-0.3, -0.25) is 0 Å². The van der Waals surface area contributed by atoms with Crippen LogP contribution in [0.15, 0.2) is 40.6 Å². The molecule has 0 aromatic heterocycles. The van der Waals surface area contributed by atoms with Crippen LogP contribution in [0.3, 0.4) is 0 Å². The molecular weight excluding hydrogens is 228 g/mol. The van der Waals surface area contributed by atoms with Crippen molar-refractivity contribution < 1.29 is 4.84 Å². The predicted octanol–water partition coefficient (Wildman–Crippen LogP) is 3.64. The summed E-state index contributed by atoms with van der Waals surface area (Å²) in [6.07, 6.45) is 0.830. The highest BCUT2D eigenvalue weighted by Gasteiger charge is 2.33. The monoisotopic (exact) mass is 244 g/mol. The molecule has 0 saturated heterocycles. The minimum absolute atomic E-state index is 0.153. The molecule has 2 rings (SSSR count). The highest BCUT2D eigenvalue weighted by molar-refractivity contribution is 5.92. The summed E-state index contributed by atoms with van der Waals surface area (Å²) in [5.74, 6) is 0.153. The van der Waals surface area contributed by atoms with E-state index >= 15 is 0 Å². The first-order chi connectivity index (χ1) is 8.62. The summed E-state index contributed by atoms with van der Waals surface area (Å²) >= 11 is 0. The molecule has 1 aliphatic heterocycles. The molecule has 0 fully saturated rings. The average Bonchev–Trinajstić information content (AvgIpc) is 2.38. The number of hydrogen-bond acceptors (Lipinski definition) is 3. The lowest BCUT2D eigenvalue weighted by molar-refractivity contribution is -0.0331. The van der Waals surface area contributed by atoms with E-state index in [1.165, 1.54) is 5.56 Å². The topological polar surface area (TPSA) is 70.4 Å². The first-order valence-electron chi connectivity index (χ1n) is 5.93. The lowest BCUT2D eigenvalue weighted by Crippen LogP contribution is -2.34. The molecular formula is C13H16N4O. The molecule has 1 aliphatic rings. The Labute approximate surface area is 106 Å². The summed E-state index contributed by atoms with van der Waals surface area (Å²) in [5, 5.41) is 7.72. The van der Waals surface area contributed by atoms with Gasteiger partial charge < -0.3 is 4.84 Å². The Morgan fingerprint density at radius 3 is 2.83 bits per heavy atom. The van der Waals surface area contributed by atoms with Crippen molar-refractivity contribution in [2.24, 2.45) is 10.3 Å². The van der Waals surface area contributed by atoms with Gasteiger partial charge in [0.2, 0.25) is 0 Å². The van der Waals surface area contributed by atoms with Crippen molar-refractivity contribution in [2.45, 2.75) is 31.8 Å². The lowest BCUT2D eigenvalue weighted by atomic mass is 9.83. The average molecular weight is 244 g/mol. The second-order valence-electron chi connectivity index (χ2n) is 4.99. The van der Waals surface area contributed by atoms with E-state index < -0.39 is 0 Å². The molecule has 0 radical (unpaired) electrons. The predicted molar refractivity (Wildman–Crippen MR) is 70.4 cm³/mol. The maximum absolute atomic E-state index is 8.42. The Kier molecular flexibility index (Phi) is 3.53. The summed E-state index contributed by atoms with van der Waals surface area (Å²) in [4.78, 5) is 8.21. The van der Waals surface area contributed by atoms with Crippen LogP contribution in [0.2, 0.25) is 0 Å². The van der Waals surface area contributed by atoms with Gasteiger partial charge in [0.15, 0.2) is 0 Å². The zero-order valence-corrected chi connectivity index (χ0v) is 10.6. The van der Waals surface area contributed by atoms with Crippen LogP contribution >= 0.6 is 0 Å². The molecule has 18 heavy (non-hydrogen) atoms. The number of azide groups is 1. The molecule has 0 amide bonds. The Balaban J connectivity index is 2.31. The highest BCUT2D eigenvalue weighted by Crippen LogP contribution is 2.33. The molecule has 0 bridgehead atoms. The summed E-state index contributed by atoms with van der Waals surface area (Å²) in [6, 6.07) is 10.1. The molecule has 1 heterocycles. The van der Waals surface area contributed by atoms with Crippen LogP contribution in [0.4, 0.5) is 0 Å². The minimum atomic E-state index is -0.291. The molecule has 1 atom stereocenters. The van der Waals surface area contributed by atoms with Crippen molar-refractivity contribution in [2.75, 3.05) is 6.54 Å². The van der Waals surface area contributed by atoms with Gasteiger partial charge in [-0.05, 0) is 24.9 Å². The normalized spacial score (nSPS) is 21.4. The van der Waals surface area contributed by atoms with Gasteiger partial charge in [-0.25, -0.2) is 0 Å². The van der Waals surface area contributed by atoms with E-state index in [2.05, 4.69) is 27.3 Å². The Morgan fingerprint density at radius 1 is 1.44 bits per heavy atom. The van der Waals surface area contributed by atoms with Gasteiger partial charge in [0.1, 0.15) is 5.60 Å². The van der Waals surface area contributed by atoms with Gasteiger partial charge in [0, 0.05) is 17.3 Å². The molecule has 1 unspecified atom stereocenters. The van der Waals surface area contributed by atoms with E-state index in [-0.39, 0.29) is 18.1 Å². The van der Waals surface area contributed by atoms with E-state index in [1.54, 1.807) is 0 Å². The number of benzene rings is 1. The molecule has 5 heteroatoms. The Hall–Kier alpha value is -2.00. The van der Waals surface area contributed by atoms with Crippen LogP contribution in [0.5, 0.6) is 0 Å². The Bertz CT molecular complexity index is 489. The number of nitrogens with zero attached hydrogens (tertiary/aromatic N) is 4. The molecule has 94 valence electrons. The van der Waals surface area contributed by atoms with E-state index in [1.807, 2.05) is 32.0 Å². The second-order valence-corrected chi connectivity index (χ2v) is 4.99. The maximum Gasteiger partial charge on any atom is 0.133 e. The first-order valence-corrected chi connectivity index (χ1v) is 5.93. The van der Waals surface area contributed by atoms with Crippen LogP contribution in [0.25, 0.3) is 10.4 Å². The van der Waals surface area contributed by atoms with E-state index in [0.29, 0.717) is 0 Å². The third-order valence-electron chi connectivity index (χ3n) is 3.01. The molecule has 0 aliphatic carbocycles. The van der Waals surface area contributed by atoms with Crippen molar-refractivity contribution >= 4 is 5.71 Å². The maximum atomic E-state index is 8.42. The van der Waals surface area contributed by atoms with Crippen molar-refractivity contribution in [3.8, 4) is 0 Å². The summed E-state index contributed by atoms with van der Waals surface area (Å²) in [6.45, 7) is 4.28. The molecule has 0 N–H and O–H groups in total. The van der Waals surface area contributed by atoms with E-state index in [9.17, 15) is 0 Å². The van der Waals surface area contributed by atoms with Gasteiger partial charge in [0.25, 0.3) is 0 Å². The summed E-state index contributed by atoms with van der Waals surface area (Å²) in [7, 11) is 0. The standard InChI is InChI=1S/C13H16N4O/c1-13(2)8-11(10-6-4-3-5-7-10)12(16-18-13)9-15-17-14/h3-7,11H,8-9H2,1-2H3. The van der Waals surface area contributed by atoms with Gasteiger partial charge in [-0.15, -0.1) is 0 Å². The van der Waals surface area contributed by atoms with Gasteiger partial charge in [0.05, 0.1) is 12.3 Å². The quantitative estimate of drug-likeness (QED) is 0.454. The SMILES string of the molecule is CC1(C)CC(c2ccccc2)C(CN=[N+]=[N-])=NO1. The lowest BCUT2D eigenvalue weighted by Gasteiger charge is -2.33. The number of rotatable bonds is 3. The van der Waals surface area contributed by atoms with Crippen LogP contribution in [0.1, 0.15) is 31.7 Å². The van der Waals surface area contributed by atoms with Gasteiger partial charge >= 0.3 is 0 Å². The second kappa shape index (κ2) is 5.10. The number of oxime groups is 1. The third-order valence-corrected chi connectivity index (χ3v) is 3.01. The zero-order valence-electron chi connectivity index (χ0n) is 10.6. The van der Waals surface area contributed by atoms with Crippen molar-refractivity contribution in [1.29, 1.82) is 0 Å². The fraction of sp³-hybridized carbons (Fsp3) is 0.462. The molecule has 5 nitrogen and oxygen atoms in total. The summed E-state index contributed by atoms with van der Waals surface area (Å²) in [5.41, 5.74) is 10.1. The first kappa shape index (κ1) is 12.5. The fourth-order valence-electron chi connectivity index (χ4n) is 2.13. The smallest absolute Gasteiger partial charge is 0.133 e. The van der Waals surface area contributed by atoms with Gasteiger partial charge in [-0.2, -0.15) is 0 Å². The number of hydrogen-bond donors (Lipinski definition) is 0. The zero-order chi connectivity index (χ0) is 13.0.